The number of hydrogen-bond donors (Lipinski definition) is 0. The molecular formula is C23H16O6. The minimum atomic E-state index is -0.567. The summed E-state index contributed by atoms with van der Waals surface area (Å²) < 4.78 is 15.4. The number of carbonyl (C=O) groups is 2. The fourth-order valence-electron chi connectivity index (χ4n) is 3.22. The topological polar surface area (TPSA) is 82.8 Å². The molecule has 0 bridgehead atoms. The van der Waals surface area contributed by atoms with Gasteiger partial charge in [-0.3, -0.25) is 0 Å². The lowest BCUT2D eigenvalue weighted by Gasteiger charge is -2.10. The Kier molecular flexibility index (Phi) is 4.83. The van der Waals surface area contributed by atoms with Crippen LogP contribution in [0.15, 0.2) is 75.9 Å². The van der Waals surface area contributed by atoms with Crippen LogP contribution >= 0.6 is 0 Å². The highest BCUT2D eigenvalue weighted by molar-refractivity contribution is 6.07. The van der Waals surface area contributed by atoms with E-state index in [-0.39, 0.29) is 12.2 Å². The van der Waals surface area contributed by atoms with Gasteiger partial charge in [0.1, 0.15) is 12.2 Å². The highest BCUT2D eigenvalue weighted by Gasteiger charge is 2.14. The SMILES string of the molecule is COC(=O)c1ccc(C(=O)OCc2cc(=O)oc3ccc4ccccc4c23)cc1. The van der Waals surface area contributed by atoms with Gasteiger partial charge in [-0.1, -0.05) is 30.3 Å². The Hall–Kier alpha value is -3.93. The van der Waals surface area contributed by atoms with Gasteiger partial charge in [-0.05, 0) is 41.1 Å². The van der Waals surface area contributed by atoms with E-state index in [0.29, 0.717) is 16.7 Å². The van der Waals surface area contributed by atoms with Gasteiger partial charge in [-0.2, -0.15) is 0 Å². The van der Waals surface area contributed by atoms with Crippen molar-refractivity contribution >= 4 is 33.7 Å². The Labute approximate surface area is 165 Å². The molecular weight excluding hydrogens is 372 g/mol. The maximum Gasteiger partial charge on any atom is 0.338 e. The van der Waals surface area contributed by atoms with Crippen LogP contribution in [0.4, 0.5) is 0 Å². The zero-order valence-corrected chi connectivity index (χ0v) is 15.5. The van der Waals surface area contributed by atoms with Crippen LogP contribution in [0.3, 0.4) is 0 Å². The van der Waals surface area contributed by atoms with E-state index in [1.807, 2.05) is 30.3 Å². The van der Waals surface area contributed by atoms with E-state index >= 15 is 0 Å². The van der Waals surface area contributed by atoms with E-state index in [2.05, 4.69) is 4.74 Å². The van der Waals surface area contributed by atoms with Crippen LogP contribution in [0, 0.1) is 0 Å². The second kappa shape index (κ2) is 7.59. The molecule has 0 N–H and O–H groups in total. The molecule has 0 spiro atoms. The van der Waals surface area contributed by atoms with Crippen molar-refractivity contribution in [3.05, 3.63) is 93.8 Å². The third-order valence-corrected chi connectivity index (χ3v) is 4.62. The van der Waals surface area contributed by atoms with E-state index in [4.69, 9.17) is 9.15 Å². The van der Waals surface area contributed by atoms with Gasteiger partial charge < -0.3 is 13.9 Å². The van der Waals surface area contributed by atoms with Gasteiger partial charge >= 0.3 is 17.6 Å². The lowest BCUT2D eigenvalue weighted by Crippen LogP contribution is -2.09. The molecule has 29 heavy (non-hydrogen) atoms. The second-order valence-electron chi connectivity index (χ2n) is 6.40. The van der Waals surface area contributed by atoms with Crippen LogP contribution in [0.5, 0.6) is 0 Å². The smallest absolute Gasteiger partial charge is 0.338 e. The van der Waals surface area contributed by atoms with Crippen molar-refractivity contribution in [1.82, 2.24) is 0 Å². The number of esters is 2. The number of fused-ring (bicyclic) bond motifs is 3. The van der Waals surface area contributed by atoms with E-state index < -0.39 is 17.6 Å². The average Bonchev–Trinajstić information content (AvgIpc) is 2.76. The molecule has 144 valence electrons. The van der Waals surface area contributed by atoms with E-state index in [1.165, 1.54) is 37.4 Å². The molecule has 0 radical (unpaired) electrons. The van der Waals surface area contributed by atoms with Crippen molar-refractivity contribution in [1.29, 1.82) is 0 Å². The molecule has 0 saturated carbocycles. The predicted octanol–water partition coefficient (Wildman–Crippen LogP) is 4.09. The van der Waals surface area contributed by atoms with Crippen molar-refractivity contribution in [2.24, 2.45) is 0 Å². The van der Waals surface area contributed by atoms with Gasteiger partial charge in [0.25, 0.3) is 0 Å². The quantitative estimate of drug-likeness (QED) is 0.297. The molecule has 3 aromatic carbocycles. The Morgan fingerprint density at radius 1 is 0.897 bits per heavy atom. The summed E-state index contributed by atoms with van der Waals surface area (Å²) in [7, 11) is 1.29. The molecule has 0 aliphatic carbocycles. The Bertz CT molecular complexity index is 1280. The molecule has 0 atom stereocenters. The first-order chi connectivity index (χ1) is 14.1. The molecule has 0 aliphatic heterocycles. The minimum Gasteiger partial charge on any atom is -0.465 e. The van der Waals surface area contributed by atoms with Gasteiger partial charge in [0.05, 0.1) is 18.2 Å². The molecule has 1 heterocycles. The standard InChI is InChI=1S/C23H16O6/c1-27-22(25)15-6-8-16(9-7-15)23(26)28-13-17-12-20(24)29-19-11-10-14-4-2-3-5-18(14)21(17)19/h2-12H,13H2,1H3. The molecule has 1 aromatic heterocycles. The Balaban J connectivity index is 1.64. The minimum absolute atomic E-state index is 0.0896. The molecule has 0 fully saturated rings. The summed E-state index contributed by atoms with van der Waals surface area (Å²) in [5.41, 5.74) is 1.11. The van der Waals surface area contributed by atoms with Crippen molar-refractivity contribution in [2.45, 2.75) is 6.61 Å². The fraction of sp³-hybridized carbons (Fsp3) is 0.0870. The lowest BCUT2D eigenvalue weighted by atomic mass is 10.0. The molecule has 0 saturated heterocycles. The van der Waals surface area contributed by atoms with Gasteiger partial charge in [-0.15, -0.1) is 0 Å². The maximum absolute atomic E-state index is 12.4. The number of hydrogen-bond acceptors (Lipinski definition) is 6. The van der Waals surface area contributed by atoms with Gasteiger partial charge in [0, 0.05) is 17.0 Å². The summed E-state index contributed by atoms with van der Waals surface area (Å²) in [6.07, 6.45) is 0. The van der Waals surface area contributed by atoms with E-state index in [9.17, 15) is 14.4 Å². The predicted molar refractivity (Wildman–Crippen MR) is 107 cm³/mol. The van der Waals surface area contributed by atoms with Crippen LogP contribution in [0.25, 0.3) is 21.7 Å². The summed E-state index contributed by atoms with van der Waals surface area (Å²) in [6.45, 7) is -0.0896. The summed E-state index contributed by atoms with van der Waals surface area (Å²) in [6, 6.07) is 18.6. The molecule has 0 amide bonds. The first-order valence-corrected chi connectivity index (χ1v) is 8.87. The molecule has 6 heteroatoms. The zero-order chi connectivity index (χ0) is 20.4. The van der Waals surface area contributed by atoms with Crippen LogP contribution in [0.2, 0.25) is 0 Å². The van der Waals surface area contributed by atoms with Gasteiger partial charge in [-0.25, -0.2) is 14.4 Å². The Morgan fingerprint density at radius 3 is 2.31 bits per heavy atom. The highest BCUT2D eigenvalue weighted by Crippen LogP contribution is 2.27. The van der Waals surface area contributed by atoms with Crippen LogP contribution in [-0.4, -0.2) is 19.0 Å². The van der Waals surface area contributed by atoms with Gasteiger partial charge in [0.2, 0.25) is 0 Å². The van der Waals surface area contributed by atoms with Crippen LogP contribution in [-0.2, 0) is 16.1 Å². The highest BCUT2D eigenvalue weighted by atomic mass is 16.5. The number of carbonyl (C=O) groups excluding carboxylic acids is 2. The molecule has 4 aromatic rings. The number of ether oxygens (including phenoxy) is 2. The molecule has 0 unspecified atom stereocenters. The third-order valence-electron chi connectivity index (χ3n) is 4.62. The van der Waals surface area contributed by atoms with Crippen molar-refractivity contribution in [2.75, 3.05) is 7.11 Å². The molecule has 0 aliphatic rings. The van der Waals surface area contributed by atoms with Crippen molar-refractivity contribution in [3.8, 4) is 0 Å². The number of rotatable bonds is 4. The number of methoxy groups -OCH3 is 1. The average molecular weight is 388 g/mol. The van der Waals surface area contributed by atoms with E-state index in [1.54, 1.807) is 6.07 Å². The summed E-state index contributed by atoms with van der Waals surface area (Å²) >= 11 is 0. The Morgan fingerprint density at radius 2 is 1.59 bits per heavy atom. The zero-order valence-electron chi connectivity index (χ0n) is 15.5. The second-order valence-corrected chi connectivity index (χ2v) is 6.40. The normalized spacial score (nSPS) is 10.8. The fourth-order valence-corrected chi connectivity index (χ4v) is 3.22. The van der Waals surface area contributed by atoms with Gasteiger partial charge in [0.15, 0.2) is 0 Å². The molecule has 6 nitrogen and oxygen atoms in total. The van der Waals surface area contributed by atoms with E-state index in [0.717, 1.165) is 16.2 Å². The summed E-state index contributed by atoms with van der Waals surface area (Å²) in [4.78, 5) is 35.8. The monoisotopic (exact) mass is 388 g/mol. The third kappa shape index (κ3) is 3.60. The molecule has 4 rings (SSSR count). The largest absolute Gasteiger partial charge is 0.465 e. The number of benzene rings is 3. The first-order valence-electron chi connectivity index (χ1n) is 8.87. The lowest BCUT2D eigenvalue weighted by molar-refractivity contribution is 0.0472. The summed E-state index contributed by atoms with van der Waals surface area (Å²) in [5.74, 6) is -1.05. The first kappa shape index (κ1) is 18.4. The van der Waals surface area contributed by atoms with Crippen molar-refractivity contribution in [3.63, 3.8) is 0 Å². The van der Waals surface area contributed by atoms with Crippen molar-refractivity contribution < 1.29 is 23.5 Å². The van der Waals surface area contributed by atoms with Crippen LogP contribution in [0.1, 0.15) is 26.3 Å². The van der Waals surface area contributed by atoms with Crippen LogP contribution < -0.4 is 5.63 Å². The summed E-state index contributed by atoms with van der Waals surface area (Å²) in [5, 5.41) is 2.62. The maximum atomic E-state index is 12.4.